The van der Waals surface area contributed by atoms with Crippen LogP contribution in [0.15, 0.2) is 0 Å². The van der Waals surface area contributed by atoms with Gasteiger partial charge in [0.05, 0.1) is 0 Å². The Labute approximate surface area is 107 Å². The Morgan fingerprint density at radius 2 is 1.89 bits per heavy atom. The third kappa shape index (κ3) is 6.22. The molecule has 1 atom stereocenters. The smallest absolute Gasteiger partial charge is 0.326 e. The highest BCUT2D eigenvalue weighted by atomic mass is 16.4. The Hall–Kier alpha value is -1.59. The predicted octanol–water partition coefficient (Wildman–Crippen LogP) is 0.614. The number of carboxylic acid groups (broad SMARTS) is 1. The van der Waals surface area contributed by atoms with Crippen LogP contribution in [0.25, 0.3) is 0 Å². The van der Waals surface area contributed by atoms with Gasteiger partial charge in [0.1, 0.15) is 6.04 Å². The molecule has 0 spiro atoms. The molecule has 0 saturated carbocycles. The molecule has 0 rings (SSSR count). The van der Waals surface area contributed by atoms with E-state index in [0.717, 1.165) is 6.42 Å². The van der Waals surface area contributed by atoms with E-state index < -0.39 is 12.0 Å². The summed E-state index contributed by atoms with van der Waals surface area (Å²) in [7, 11) is 1.46. The molecule has 0 fully saturated rings. The second-order valence-corrected chi connectivity index (χ2v) is 4.22. The molecule has 6 heteroatoms. The van der Waals surface area contributed by atoms with Crippen LogP contribution < -0.4 is 5.32 Å². The van der Waals surface area contributed by atoms with Crippen molar-refractivity contribution >= 4 is 17.8 Å². The van der Waals surface area contributed by atoms with Crippen molar-refractivity contribution in [2.75, 3.05) is 13.6 Å². The fourth-order valence-corrected chi connectivity index (χ4v) is 1.31. The minimum Gasteiger partial charge on any atom is -0.480 e. The molecule has 2 amide bonds. The molecular formula is C12H22N2O4. The van der Waals surface area contributed by atoms with Crippen LogP contribution >= 0.6 is 0 Å². The van der Waals surface area contributed by atoms with Crippen molar-refractivity contribution in [2.45, 2.75) is 45.6 Å². The van der Waals surface area contributed by atoms with E-state index in [0.29, 0.717) is 19.4 Å². The number of rotatable bonds is 8. The Bertz CT molecular complexity index is 304. The molecule has 0 aliphatic heterocycles. The van der Waals surface area contributed by atoms with Gasteiger partial charge in [-0.15, -0.1) is 0 Å². The van der Waals surface area contributed by atoms with Gasteiger partial charge in [-0.1, -0.05) is 6.92 Å². The molecule has 0 heterocycles. The van der Waals surface area contributed by atoms with Crippen molar-refractivity contribution in [1.82, 2.24) is 10.2 Å². The number of amides is 2. The van der Waals surface area contributed by atoms with Crippen molar-refractivity contribution in [1.29, 1.82) is 0 Å². The normalized spacial score (nSPS) is 11.7. The predicted molar refractivity (Wildman–Crippen MR) is 67.0 cm³/mol. The average Bonchev–Trinajstić information content (AvgIpc) is 2.34. The molecule has 2 N–H and O–H groups in total. The summed E-state index contributed by atoms with van der Waals surface area (Å²) in [5.41, 5.74) is 0. The summed E-state index contributed by atoms with van der Waals surface area (Å²) in [6.45, 7) is 4.06. The standard InChI is InChI=1S/C12H22N2O4/c1-4-8-13-10(15)6-5-7-11(16)14(3)9(2)12(17)18/h9H,4-8H2,1-3H3,(H,13,15)(H,17,18). The molecule has 0 saturated heterocycles. The number of hydrogen-bond acceptors (Lipinski definition) is 3. The first-order chi connectivity index (χ1) is 8.40. The van der Waals surface area contributed by atoms with Gasteiger partial charge in [0.2, 0.25) is 11.8 Å². The van der Waals surface area contributed by atoms with Gasteiger partial charge in [0, 0.05) is 26.4 Å². The Morgan fingerprint density at radius 3 is 2.39 bits per heavy atom. The molecule has 104 valence electrons. The zero-order valence-electron chi connectivity index (χ0n) is 11.2. The van der Waals surface area contributed by atoms with Crippen LogP contribution in [0.2, 0.25) is 0 Å². The van der Waals surface area contributed by atoms with E-state index in [1.54, 1.807) is 0 Å². The molecule has 0 aliphatic rings. The maximum atomic E-state index is 11.6. The summed E-state index contributed by atoms with van der Waals surface area (Å²) < 4.78 is 0. The second-order valence-electron chi connectivity index (χ2n) is 4.22. The number of carbonyl (C=O) groups excluding carboxylic acids is 2. The second kappa shape index (κ2) is 8.49. The molecular weight excluding hydrogens is 236 g/mol. The van der Waals surface area contributed by atoms with Gasteiger partial charge in [-0.2, -0.15) is 0 Å². The van der Waals surface area contributed by atoms with Crippen LogP contribution in [0, 0.1) is 0 Å². The van der Waals surface area contributed by atoms with Gasteiger partial charge < -0.3 is 15.3 Å². The largest absolute Gasteiger partial charge is 0.480 e. The van der Waals surface area contributed by atoms with Gasteiger partial charge in [-0.25, -0.2) is 4.79 Å². The summed E-state index contributed by atoms with van der Waals surface area (Å²) >= 11 is 0. The van der Waals surface area contributed by atoms with Crippen molar-refractivity contribution in [2.24, 2.45) is 0 Å². The summed E-state index contributed by atoms with van der Waals surface area (Å²) in [5, 5.41) is 11.5. The molecule has 1 unspecified atom stereocenters. The minimum atomic E-state index is -1.04. The maximum Gasteiger partial charge on any atom is 0.326 e. The lowest BCUT2D eigenvalue weighted by atomic mass is 10.2. The van der Waals surface area contributed by atoms with E-state index >= 15 is 0 Å². The number of likely N-dealkylation sites (N-methyl/N-ethyl adjacent to an activating group) is 1. The quantitative estimate of drug-likeness (QED) is 0.668. The number of nitrogens with one attached hydrogen (secondary N) is 1. The van der Waals surface area contributed by atoms with E-state index in [1.165, 1.54) is 18.9 Å². The van der Waals surface area contributed by atoms with Gasteiger partial charge in [-0.3, -0.25) is 9.59 Å². The van der Waals surface area contributed by atoms with Crippen LogP contribution in [0.4, 0.5) is 0 Å². The Balaban J connectivity index is 3.90. The van der Waals surface area contributed by atoms with Crippen LogP contribution in [0.3, 0.4) is 0 Å². The van der Waals surface area contributed by atoms with Gasteiger partial charge >= 0.3 is 5.97 Å². The highest BCUT2D eigenvalue weighted by Crippen LogP contribution is 2.03. The summed E-state index contributed by atoms with van der Waals surface area (Å²) in [4.78, 5) is 34.8. The molecule has 0 aliphatic carbocycles. The first-order valence-electron chi connectivity index (χ1n) is 6.15. The highest BCUT2D eigenvalue weighted by molar-refractivity contribution is 5.83. The fraction of sp³-hybridized carbons (Fsp3) is 0.750. The maximum absolute atomic E-state index is 11.6. The molecule has 18 heavy (non-hydrogen) atoms. The Kier molecular flexibility index (Phi) is 7.74. The Morgan fingerprint density at radius 1 is 1.28 bits per heavy atom. The molecule has 0 radical (unpaired) electrons. The summed E-state index contributed by atoms with van der Waals surface area (Å²) in [6, 6.07) is -0.841. The summed E-state index contributed by atoms with van der Waals surface area (Å²) in [6.07, 6.45) is 1.79. The molecule has 6 nitrogen and oxygen atoms in total. The van der Waals surface area contributed by atoms with Gasteiger partial charge in [-0.05, 0) is 19.8 Å². The zero-order valence-corrected chi connectivity index (χ0v) is 11.2. The third-order valence-electron chi connectivity index (χ3n) is 2.70. The van der Waals surface area contributed by atoms with E-state index in [4.69, 9.17) is 5.11 Å². The molecule has 0 aromatic rings. The first-order valence-corrected chi connectivity index (χ1v) is 6.15. The topological polar surface area (TPSA) is 86.7 Å². The van der Waals surface area contributed by atoms with Crippen LogP contribution in [0.5, 0.6) is 0 Å². The van der Waals surface area contributed by atoms with Gasteiger partial charge in [0.15, 0.2) is 0 Å². The average molecular weight is 258 g/mol. The van der Waals surface area contributed by atoms with Crippen LogP contribution in [-0.2, 0) is 14.4 Å². The molecule has 0 aromatic heterocycles. The SMILES string of the molecule is CCCNC(=O)CCCC(=O)N(C)C(C)C(=O)O. The van der Waals surface area contributed by atoms with Crippen molar-refractivity contribution in [3.8, 4) is 0 Å². The lowest BCUT2D eigenvalue weighted by Crippen LogP contribution is -2.40. The number of carboxylic acids is 1. The number of hydrogen-bond donors (Lipinski definition) is 2. The number of aliphatic carboxylic acids is 1. The lowest BCUT2D eigenvalue weighted by molar-refractivity contribution is -0.148. The third-order valence-corrected chi connectivity index (χ3v) is 2.70. The lowest BCUT2D eigenvalue weighted by Gasteiger charge is -2.21. The first kappa shape index (κ1) is 16.4. The molecule has 0 bridgehead atoms. The van der Waals surface area contributed by atoms with Gasteiger partial charge in [0.25, 0.3) is 0 Å². The van der Waals surface area contributed by atoms with E-state index in [1.807, 2.05) is 6.92 Å². The number of nitrogens with zero attached hydrogens (tertiary/aromatic N) is 1. The molecule has 0 aromatic carbocycles. The minimum absolute atomic E-state index is 0.0708. The highest BCUT2D eigenvalue weighted by Gasteiger charge is 2.21. The zero-order chi connectivity index (χ0) is 14.1. The number of carbonyl (C=O) groups is 3. The van der Waals surface area contributed by atoms with Crippen molar-refractivity contribution < 1.29 is 19.5 Å². The van der Waals surface area contributed by atoms with Crippen molar-refractivity contribution in [3.05, 3.63) is 0 Å². The van der Waals surface area contributed by atoms with E-state index in [9.17, 15) is 14.4 Å². The fourth-order valence-electron chi connectivity index (χ4n) is 1.31. The van der Waals surface area contributed by atoms with Crippen molar-refractivity contribution in [3.63, 3.8) is 0 Å². The summed E-state index contributed by atoms with van der Waals surface area (Å²) in [5.74, 6) is -1.36. The van der Waals surface area contributed by atoms with Crippen LogP contribution in [0.1, 0.15) is 39.5 Å². The van der Waals surface area contributed by atoms with E-state index in [2.05, 4.69) is 5.32 Å². The monoisotopic (exact) mass is 258 g/mol. The van der Waals surface area contributed by atoms with Crippen LogP contribution in [-0.4, -0.2) is 47.4 Å². The van der Waals surface area contributed by atoms with E-state index in [-0.39, 0.29) is 18.2 Å².